The van der Waals surface area contributed by atoms with E-state index in [1.54, 1.807) is 0 Å². The van der Waals surface area contributed by atoms with Crippen molar-refractivity contribution in [1.29, 1.82) is 0 Å². The molecule has 2 fully saturated rings. The van der Waals surface area contributed by atoms with Crippen LogP contribution in [0, 0.1) is 0 Å². The number of anilines is 2. The van der Waals surface area contributed by atoms with Gasteiger partial charge in [-0.15, -0.1) is 24.0 Å². The largest absolute Gasteiger partial charge is 0.357 e. The monoisotopic (exact) mass is 491 g/mol. The van der Waals surface area contributed by atoms with Gasteiger partial charge in [-0.25, -0.2) is 9.98 Å². The zero-order valence-corrected chi connectivity index (χ0v) is 18.7. The summed E-state index contributed by atoms with van der Waals surface area (Å²) in [6.07, 6.45) is 8.25. The van der Waals surface area contributed by atoms with Gasteiger partial charge in [-0.2, -0.15) is 0 Å². The fraction of sp³-hybridized carbons (Fsp3) is 0.455. The number of aliphatic imine (C=N–C) groups is 1. The second-order valence-corrected chi connectivity index (χ2v) is 7.40. The van der Waals surface area contributed by atoms with Crippen LogP contribution in [0.2, 0.25) is 0 Å². The van der Waals surface area contributed by atoms with Gasteiger partial charge in [0.25, 0.3) is 0 Å². The van der Waals surface area contributed by atoms with Gasteiger partial charge in [0.1, 0.15) is 5.82 Å². The number of rotatable bonds is 4. The number of pyridine rings is 1. The van der Waals surface area contributed by atoms with Gasteiger partial charge in [-0.1, -0.05) is 18.2 Å². The molecule has 0 unspecified atom stereocenters. The number of piperidine rings is 1. The first-order chi connectivity index (χ1) is 13.4. The number of nitrogens with one attached hydrogen (secondary N) is 1. The van der Waals surface area contributed by atoms with Crippen LogP contribution in [0.4, 0.5) is 11.5 Å². The summed E-state index contributed by atoms with van der Waals surface area (Å²) in [7, 11) is 0. The zero-order chi connectivity index (χ0) is 18.3. The number of hydrogen-bond acceptors (Lipinski definition) is 3. The first-order valence-electron chi connectivity index (χ1n) is 10.2. The lowest BCUT2D eigenvalue weighted by Crippen LogP contribution is -2.40. The maximum atomic E-state index is 4.97. The van der Waals surface area contributed by atoms with E-state index in [2.05, 4.69) is 56.5 Å². The Bertz CT molecular complexity index is 753. The van der Waals surface area contributed by atoms with Gasteiger partial charge in [0, 0.05) is 38.1 Å². The second kappa shape index (κ2) is 10.6. The van der Waals surface area contributed by atoms with Crippen molar-refractivity contribution < 1.29 is 0 Å². The lowest BCUT2D eigenvalue weighted by molar-refractivity contribution is 0.340. The van der Waals surface area contributed by atoms with Crippen molar-refractivity contribution in [3.05, 3.63) is 54.2 Å². The molecular weight excluding hydrogens is 461 g/mol. The number of aromatic nitrogens is 1. The first-order valence-corrected chi connectivity index (χ1v) is 10.2. The first kappa shape index (κ1) is 20.9. The van der Waals surface area contributed by atoms with Crippen LogP contribution in [0.1, 0.15) is 37.7 Å². The Balaban J connectivity index is 0.00000225. The van der Waals surface area contributed by atoms with Gasteiger partial charge in [-0.3, -0.25) is 0 Å². The van der Waals surface area contributed by atoms with Crippen LogP contribution in [-0.2, 0) is 6.54 Å². The molecular formula is C22H30IN5. The zero-order valence-electron chi connectivity index (χ0n) is 16.4. The summed E-state index contributed by atoms with van der Waals surface area (Å²) in [5.74, 6) is 2.08. The Labute approximate surface area is 185 Å². The van der Waals surface area contributed by atoms with Crippen molar-refractivity contribution in [2.24, 2.45) is 4.99 Å². The molecule has 0 radical (unpaired) electrons. The van der Waals surface area contributed by atoms with E-state index in [9.17, 15) is 0 Å². The predicted molar refractivity (Wildman–Crippen MR) is 128 cm³/mol. The van der Waals surface area contributed by atoms with Crippen molar-refractivity contribution in [3.63, 3.8) is 0 Å². The van der Waals surface area contributed by atoms with Gasteiger partial charge in [0.2, 0.25) is 0 Å². The van der Waals surface area contributed by atoms with E-state index in [1.807, 2.05) is 12.3 Å². The number of hydrogen-bond donors (Lipinski definition) is 1. The third-order valence-corrected chi connectivity index (χ3v) is 5.34. The molecule has 6 heteroatoms. The minimum absolute atomic E-state index is 0. The molecule has 3 heterocycles. The highest BCUT2D eigenvalue weighted by Crippen LogP contribution is 2.19. The lowest BCUT2D eigenvalue weighted by Gasteiger charge is -2.30. The Hall–Kier alpha value is -1.83. The van der Waals surface area contributed by atoms with E-state index in [0.29, 0.717) is 6.54 Å². The van der Waals surface area contributed by atoms with Crippen LogP contribution in [-0.4, -0.2) is 42.0 Å². The number of guanidine groups is 1. The number of nitrogens with zero attached hydrogens (tertiary/aromatic N) is 4. The number of likely N-dealkylation sites (tertiary alicyclic amines) is 1. The van der Waals surface area contributed by atoms with E-state index >= 15 is 0 Å². The van der Waals surface area contributed by atoms with Crippen LogP contribution < -0.4 is 10.2 Å². The SMILES string of the molecule is I.c1ccc(NC(=NCc2ccnc(N3CCCC3)c2)N2CCCCC2)cc1. The summed E-state index contributed by atoms with van der Waals surface area (Å²) in [5, 5.41) is 3.54. The third-order valence-electron chi connectivity index (χ3n) is 5.34. The van der Waals surface area contributed by atoms with E-state index < -0.39 is 0 Å². The standard InChI is InChI=1S/C22H29N5.HI/c1-3-9-20(10-4-1)25-22(27-15-5-2-6-16-27)24-18-19-11-12-23-21(17-19)26-13-7-8-14-26;/h1,3-4,9-12,17H,2,5-8,13-16,18H2,(H,24,25);1H. The quantitative estimate of drug-likeness (QED) is 0.381. The van der Waals surface area contributed by atoms with Gasteiger partial charge in [0.15, 0.2) is 5.96 Å². The maximum Gasteiger partial charge on any atom is 0.198 e. The van der Waals surface area contributed by atoms with Crippen LogP contribution in [0.5, 0.6) is 0 Å². The highest BCUT2D eigenvalue weighted by Gasteiger charge is 2.16. The average molecular weight is 491 g/mol. The number of halogens is 1. The Morgan fingerprint density at radius 3 is 2.39 bits per heavy atom. The molecule has 5 nitrogen and oxygen atoms in total. The van der Waals surface area contributed by atoms with Gasteiger partial charge in [-0.05, 0) is 61.9 Å². The van der Waals surface area contributed by atoms with Crippen molar-refractivity contribution >= 4 is 41.4 Å². The van der Waals surface area contributed by atoms with Crippen LogP contribution in [0.3, 0.4) is 0 Å². The second-order valence-electron chi connectivity index (χ2n) is 7.40. The number of para-hydroxylation sites is 1. The van der Waals surface area contributed by atoms with E-state index in [1.165, 1.54) is 37.7 Å². The minimum atomic E-state index is 0. The van der Waals surface area contributed by atoms with E-state index in [4.69, 9.17) is 4.99 Å². The summed E-state index contributed by atoms with van der Waals surface area (Å²) in [6, 6.07) is 14.6. The molecule has 2 saturated heterocycles. The molecule has 0 bridgehead atoms. The van der Waals surface area contributed by atoms with Gasteiger partial charge < -0.3 is 15.1 Å². The summed E-state index contributed by atoms with van der Waals surface area (Å²) >= 11 is 0. The summed E-state index contributed by atoms with van der Waals surface area (Å²) in [4.78, 5) is 14.3. The summed E-state index contributed by atoms with van der Waals surface area (Å²) in [6.45, 7) is 5.07. The Morgan fingerprint density at radius 1 is 0.929 bits per heavy atom. The molecule has 28 heavy (non-hydrogen) atoms. The van der Waals surface area contributed by atoms with Crippen LogP contribution in [0.25, 0.3) is 0 Å². The lowest BCUT2D eigenvalue weighted by atomic mass is 10.1. The molecule has 2 aliphatic heterocycles. The fourth-order valence-corrected chi connectivity index (χ4v) is 3.82. The summed E-state index contributed by atoms with van der Waals surface area (Å²) < 4.78 is 0. The van der Waals surface area contributed by atoms with Crippen molar-refractivity contribution in [2.75, 3.05) is 36.4 Å². The molecule has 1 N–H and O–H groups in total. The molecule has 0 aliphatic carbocycles. The average Bonchev–Trinajstić information content (AvgIpc) is 3.28. The van der Waals surface area contributed by atoms with Gasteiger partial charge in [0.05, 0.1) is 6.54 Å². The maximum absolute atomic E-state index is 4.97. The Kier molecular flexibility index (Phi) is 7.94. The molecule has 2 aliphatic rings. The molecule has 0 saturated carbocycles. The molecule has 0 amide bonds. The minimum Gasteiger partial charge on any atom is -0.357 e. The Morgan fingerprint density at radius 2 is 1.64 bits per heavy atom. The van der Waals surface area contributed by atoms with Crippen molar-refractivity contribution in [3.8, 4) is 0 Å². The highest BCUT2D eigenvalue weighted by molar-refractivity contribution is 14.0. The fourth-order valence-electron chi connectivity index (χ4n) is 3.82. The van der Waals surface area contributed by atoms with Crippen molar-refractivity contribution in [2.45, 2.75) is 38.6 Å². The smallest absolute Gasteiger partial charge is 0.198 e. The van der Waals surface area contributed by atoms with Gasteiger partial charge >= 0.3 is 0 Å². The topological polar surface area (TPSA) is 43.8 Å². The molecule has 0 atom stereocenters. The molecule has 4 rings (SSSR count). The highest BCUT2D eigenvalue weighted by atomic mass is 127. The molecule has 150 valence electrons. The van der Waals surface area contributed by atoms with Crippen LogP contribution in [0.15, 0.2) is 53.7 Å². The van der Waals surface area contributed by atoms with Crippen molar-refractivity contribution in [1.82, 2.24) is 9.88 Å². The molecule has 1 aromatic heterocycles. The molecule has 2 aromatic rings. The van der Waals surface area contributed by atoms with E-state index in [-0.39, 0.29) is 24.0 Å². The van der Waals surface area contributed by atoms with Crippen LogP contribution >= 0.6 is 24.0 Å². The van der Waals surface area contributed by atoms with E-state index in [0.717, 1.165) is 43.6 Å². The molecule has 1 aromatic carbocycles. The predicted octanol–water partition coefficient (Wildman–Crippen LogP) is 4.75. The summed E-state index contributed by atoms with van der Waals surface area (Å²) in [5.41, 5.74) is 2.31. The third kappa shape index (κ3) is 5.59. The normalized spacial score (nSPS) is 17.4. The number of benzene rings is 1. The molecule has 0 spiro atoms.